The maximum atomic E-state index is 5.70. The first-order valence-corrected chi connectivity index (χ1v) is 6.49. The van der Waals surface area contributed by atoms with Crippen LogP contribution >= 0.6 is 11.3 Å². The van der Waals surface area contributed by atoms with Crippen LogP contribution in [0.2, 0.25) is 0 Å². The van der Waals surface area contributed by atoms with Gasteiger partial charge < -0.3 is 10.6 Å². The van der Waals surface area contributed by atoms with E-state index in [-0.39, 0.29) is 0 Å². The van der Waals surface area contributed by atoms with Gasteiger partial charge in [0.05, 0.1) is 6.20 Å². The second-order valence-electron chi connectivity index (χ2n) is 3.77. The van der Waals surface area contributed by atoms with Gasteiger partial charge in [-0.15, -0.1) is 0 Å². The Morgan fingerprint density at radius 1 is 1.40 bits per heavy atom. The van der Waals surface area contributed by atoms with Gasteiger partial charge in [0.15, 0.2) is 5.13 Å². The second-order valence-corrected chi connectivity index (χ2v) is 4.81. The molecule has 1 heterocycles. The summed E-state index contributed by atoms with van der Waals surface area (Å²) in [7, 11) is 0. The van der Waals surface area contributed by atoms with Crippen molar-refractivity contribution in [2.75, 3.05) is 23.7 Å². The van der Waals surface area contributed by atoms with Crippen LogP contribution in [-0.2, 0) is 0 Å². The van der Waals surface area contributed by atoms with E-state index in [1.54, 1.807) is 17.5 Å². The maximum Gasteiger partial charge on any atom is 0.187 e. The molecule has 0 aliphatic rings. The van der Waals surface area contributed by atoms with E-state index in [1.165, 1.54) is 12.8 Å². The lowest BCUT2D eigenvalue weighted by molar-refractivity contribution is 0.486. The molecule has 0 amide bonds. The van der Waals surface area contributed by atoms with Gasteiger partial charge in [-0.05, 0) is 12.8 Å². The molecular formula is C11H21N3S. The summed E-state index contributed by atoms with van der Waals surface area (Å²) in [6.45, 7) is 8.76. The second kappa shape index (κ2) is 5.95. The minimum Gasteiger partial charge on any atom is -0.389 e. The van der Waals surface area contributed by atoms with E-state index in [2.05, 4.69) is 30.7 Å². The molecule has 0 atom stereocenters. The third-order valence-corrected chi connectivity index (χ3v) is 3.68. The topological polar surface area (TPSA) is 42.2 Å². The summed E-state index contributed by atoms with van der Waals surface area (Å²) in [6, 6.07) is 0. The Balaban J connectivity index is 2.63. The normalized spacial score (nSPS) is 10.9. The van der Waals surface area contributed by atoms with Crippen molar-refractivity contribution in [3.63, 3.8) is 0 Å². The zero-order valence-electron chi connectivity index (χ0n) is 9.86. The molecule has 4 heteroatoms. The number of hydrogen-bond donors (Lipinski definition) is 1. The molecule has 0 fully saturated rings. The van der Waals surface area contributed by atoms with Gasteiger partial charge in [-0.1, -0.05) is 38.0 Å². The molecule has 1 rings (SSSR count). The minimum atomic E-state index is 0.759. The lowest BCUT2D eigenvalue weighted by Crippen LogP contribution is -2.28. The quantitative estimate of drug-likeness (QED) is 0.812. The van der Waals surface area contributed by atoms with Crippen molar-refractivity contribution in [3.8, 4) is 0 Å². The summed E-state index contributed by atoms with van der Waals surface area (Å²) in [5.74, 6) is 0.759. The Morgan fingerprint density at radius 2 is 2.07 bits per heavy atom. The molecule has 3 nitrogen and oxygen atoms in total. The fraction of sp³-hybridized carbons (Fsp3) is 0.727. The van der Waals surface area contributed by atoms with Gasteiger partial charge in [0.25, 0.3) is 0 Å². The van der Waals surface area contributed by atoms with E-state index in [0.717, 1.165) is 29.1 Å². The molecule has 15 heavy (non-hydrogen) atoms. The molecule has 0 saturated carbocycles. The summed E-state index contributed by atoms with van der Waals surface area (Å²) in [5, 5.41) is 1.86. The summed E-state index contributed by atoms with van der Waals surface area (Å²) in [5.41, 5.74) is 5.70. The van der Waals surface area contributed by atoms with Crippen molar-refractivity contribution in [3.05, 3.63) is 6.20 Å². The predicted octanol–water partition coefficient (Wildman–Crippen LogP) is 2.99. The van der Waals surface area contributed by atoms with Crippen LogP contribution in [0.15, 0.2) is 6.20 Å². The monoisotopic (exact) mass is 227 g/mol. The number of rotatable bonds is 6. The molecule has 0 aromatic carbocycles. The van der Waals surface area contributed by atoms with Gasteiger partial charge in [-0.3, -0.25) is 0 Å². The Morgan fingerprint density at radius 3 is 2.47 bits per heavy atom. The fourth-order valence-corrected chi connectivity index (χ4v) is 2.38. The Labute approximate surface area is 96.3 Å². The first-order chi connectivity index (χ1) is 7.21. The predicted molar refractivity (Wildman–Crippen MR) is 68.5 cm³/mol. The summed E-state index contributed by atoms with van der Waals surface area (Å²) in [4.78, 5) is 6.65. The number of nitrogen functional groups attached to an aromatic ring is 1. The summed E-state index contributed by atoms with van der Waals surface area (Å²) in [6.07, 6.45) is 4.21. The largest absolute Gasteiger partial charge is 0.389 e. The van der Waals surface area contributed by atoms with Crippen LogP contribution in [0.5, 0.6) is 0 Å². The zero-order chi connectivity index (χ0) is 11.3. The number of nitrogens with zero attached hydrogens (tertiary/aromatic N) is 2. The van der Waals surface area contributed by atoms with E-state index in [0.29, 0.717) is 0 Å². The van der Waals surface area contributed by atoms with Crippen molar-refractivity contribution in [1.82, 2.24) is 4.98 Å². The SMILES string of the molecule is CCC(CC)CN(CC)c1ncc(N)s1. The van der Waals surface area contributed by atoms with Gasteiger partial charge in [0.2, 0.25) is 0 Å². The van der Waals surface area contributed by atoms with Crippen molar-refractivity contribution in [1.29, 1.82) is 0 Å². The van der Waals surface area contributed by atoms with Crippen LogP contribution in [0.1, 0.15) is 33.6 Å². The zero-order valence-corrected chi connectivity index (χ0v) is 10.7. The Bertz CT molecular complexity index is 281. The number of anilines is 2. The highest BCUT2D eigenvalue weighted by Crippen LogP contribution is 2.25. The van der Waals surface area contributed by atoms with Crippen molar-refractivity contribution in [2.45, 2.75) is 33.6 Å². The number of thiazole rings is 1. The molecule has 86 valence electrons. The molecule has 0 saturated heterocycles. The first kappa shape index (κ1) is 12.3. The highest BCUT2D eigenvalue weighted by atomic mass is 32.1. The molecule has 1 aromatic rings. The average molecular weight is 227 g/mol. The van der Waals surface area contributed by atoms with E-state index >= 15 is 0 Å². The molecule has 0 spiro atoms. The number of aromatic nitrogens is 1. The average Bonchev–Trinajstić information content (AvgIpc) is 2.67. The number of nitrogens with two attached hydrogens (primary N) is 1. The van der Waals surface area contributed by atoms with Crippen LogP contribution < -0.4 is 10.6 Å². The highest BCUT2D eigenvalue weighted by Gasteiger charge is 2.13. The smallest absolute Gasteiger partial charge is 0.187 e. The maximum absolute atomic E-state index is 5.70. The van der Waals surface area contributed by atoms with Crippen LogP contribution in [0.3, 0.4) is 0 Å². The van der Waals surface area contributed by atoms with Gasteiger partial charge in [0.1, 0.15) is 5.00 Å². The van der Waals surface area contributed by atoms with E-state index in [9.17, 15) is 0 Å². The standard InChI is InChI=1S/C11H21N3S/c1-4-9(5-2)8-14(6-3)11-13-7-10(12)15-11/h7,9H,4-6,8,12H2,1-3H3. The third kappa shape index (κ3) is 3.38. The molecule has 1 aromatic heterocycles. The van der Waals surface area contributed by atoms with Gasteiger partial charge in [-0.2, -0.15) is 0 Å². The van der Waals surface area contributed by atoms with Crippen LogP contribution in [0, 0.1) is 5.92 Å². The fourth-order valence-electron chi connectivity index (χ4n) is 1.62. The van der Waals surface area contributed by atoms with Crippen LogP contribution in [0.25, 0.3) is 0 Å². The molecule has 0 aliphatic carbocycles. The third-order valence-electron chi connectivity index (χ3n) is 2.80. The minimum absolute atomic E-state index is 0.759. The van der Waals surface area contributed by atoms with Gasteiger partial charge >= 0.3 is 0 Å². The van der Waals surface area contributed by atoms with Gasteiger partial charge in [0, 0.05) is 13.1 Å². The molecule has 0 bridgehead atoms. The van der Waals surface area contributed by atoms with Crippen molar-refractivity contribution < 1.29 is 0 Å². The van der Waals surface area contributed by atoms with Crippen molar-refractivity contribution >= 4 is 21.5 Å². The molecule has 0 radical (unpaired) electrons. The van der Waals surface area contributed by atoms with E-state index < -0.39 is 0 Å². The lowest BCUT2D eigenvalue weighted by Gasteiger charge is -2.24. The van der Waals surface area contributed by atoms with E-state index in [4.69, 9.17) is 5.73 Å². The summed E-state index contributed by atoms with van der Waals surface area (Å²) < 4.78 is 0. The van der Waals surface area contributed by atoms with E-state index in [1.807, 2.05) is 0 Å². The van der Waals surface area contributed by atoms with Crippen LogP contribution in [-0.4, -0.2) is 18.1 Å². The van der Waals surface area contributed by atoms with Crippen LogP contribution in [0.4, 0.5) is 10.1 Å². The Hall–Kier alpha value is -0.770. The Kier molecular flexibility index (Phi) is 4.88. The first-order valence-electron chi connectivity index (χ1n) is 5.67. The molecule has 0 unspecified atom stereocenters. The van der Waals surface area contributed by atoms with Crippen molar-refractivity contribution in [2.24, 2.45) is 5.92 Å². The molecular weight excluding hydrogens is 206 g/mol. The van der Waals surface area contributed by atoms with Gasteiger partial charge in [-0.25, -0.2) is 4.98 Å². The number of hydrogen-bond acceptors (Lipinski definition) is 4. The highest BCUT2D eigenvalue weighted by molar-refractivity contribution is 7.19. The summed E-state index contributed by atoms with van der Waals surface area (Å²) >= 11 is 1.58. The molecule has 2 N–H and O–H groups in total. The lowest BCUT2D eigenvalue weighted by atomic mass is 10.0. The molecule has 0 aliphatic heterocycles.